The Balaban J connectivity index is 1.64. The SMILES string of the molecule is COc1cc(C=NNCc2ccccc2)ccc1OCc1c(Cl)ccc(Cl)c1Cl. The number of nitrogens with zero attached hydrogens (tertiary/aromatic N) is 1. The van der Waals surface area contributed by atoms with E-state index in [1.54, 1.807) is 25.5 Å². The Hall–Kier alpha value is -2.40. The first kappa shape index (κ1) is 21.3. The zero-order chi connectivity index (χ0) is 20.6. The van der Waals surface area contributed by atoms with Crippen LogP contribution < -0.4 is 14.9 Å². The van der Waals surface area contributed by atoms with Gasteiger partial charge in [-0.1, -0.05) is 65.1 Å². The summed E-state index contributed by atoms with van der Waals surface area (Å²) in [6.45, 7) is 0.817. The summed E-state index contributed by atoms with van der Waals surface area (Å²) < 4.78 is 11.3. The molecule has 0 spiro atoms. The fourth-order valence-corrected chi connectivity index (χ4v) is 3.24. The number of nitrogens with one attached hydrogen (secondary N) is 1. The standard InChI is InChI=1S/C22H19Cl3N2O2/c1-28-21-11-16(13-27-26-12-15-5-3-2-4-6-15)7-10-20(21)29-14-17-18(23)8-9-19(24)22(17)25/h2-11,13,26H,12,14H2,1H3. The molecule has 0 saturated heterocycles. The van der Waals surface area contributed by atoms with Crippen LogP contribution in [0.2, 0.25) is 15.1 Å². The van der Waals surface area contributed by atoms with Crippen LogP contribution in [0.25, 0.3) is 0 Å². The average molecular weight is 450 g/mol. The number of benzene rings is 3. The van der Waals surface area contributed by atoms with Crippen LogP contribution in [0.4, 0.5) is 0 Å². The van der Waals surface area contributed by atoms with Gasteiger partial charge in [-0.25, -0.2) is 0 Å². The third-order valence-corrected chi connectivity index (χ3v) is 5.33. The van der Waals surface area contributed by atoms with Crippen LogP contribution in [0.15, 0.2) is 65.8 Å². The average Bonchev–Trinajstić information content (AvgIpc) is 2.75. The highest BCUT2D eigenvalue weighted by molar-refractivity contribution is 6.44. The molecule has 0 aliphatic carbocycles. The molecule has 0 radical (unpaired) electrons. The van der Waals surface area contributed by atoms with Gasteiger partial charge in [0.25, 0.3) is 0 Å². The minimum absolute atomic E-state index is 0.167. The highest BCUT2D eigenvalue weighted by Gasteiger charge is 2.12. The van der Waals surface area contributed by atoms with E-state index >= 15 is 0 Å². The van der Waals surface area contributed by atoms with Crippen molar-refractivity contribution in [1.82, 2.24) is 5.43 Å². The van der Waals surface area contributed by atoms with E-state index < -0.39 is 0 Å². The molecule has 4 nitrogen and oxygen atoms in total. The number of hydrogen-bond acceptors (Lipinski definition) is 4. The Morgan fingerprint density at radius 2 is 1.69 bits per heavy atom. The second kappa shape index (κ2) is 10.4. The Labute approximate surface area is 185 Å². The van der Waals surface area contributed by atoms with Crippen molar-refractivity contribution >= 4 is 41.0 Å². The Kier molecular flexibility index (Phi) is 7.64. The van der Waals surface area contributed by atoms with Gasteiger partial charge >= 0.3 is 0 Å². The number of hydrazone groups is 1. The van der Waals surface area contributed by atoms with Gasteiger partial charge in [0.2, 0.25) is 0 Å². The van der Waals surface area contributed by atoms with Crippen molar-refractivity contribution in [1.29, 1.82) is 0 Å². The lowest BCUT2D eigenvalue weighted by Gasteiger charge is -2.13. The van der Waals surface area contributed by atoms with Crippen LogP contribution in [0.1, 0.15) is 16.7 Å². The molecule has 0 atom stereocenters. The molecule has 150 valence electrons. The molecule has 3 aromatic carbocycles. The normalized spacial score (nSPS) is 10.9. The molecule has 0 aliphatic rings. The van der Waals surface area contributed by atoms with E-state index in [1.165, 1.54) is 0 Å². The predicted molar refractivity (Wildman–Crippen MR) is 120 cm³/mol. The Bertz CT molecular complexity index is 995. The van der Waals surface area contributed by atoms with Gasteiger partial charge in [0.05, 0.1) is 29.9 Å². The summed E-state index contributed by atoms with van der Waals surface area (Å²) in [5, 5.41) is 5.55. The van der Waals surface area contributed by atoms with E-state index in [0.29, 0.717) is 38.7 Å². The van der Waals surface area contributed by atoms with Gasteiger partial charge in [0.15, 0.2) is 11.5 Å². The molecule has 0 aliphatic heterocycles. The monoisotopic (exact) mass is 448 g/mol. The van der Waals surface area contributed by atoms with Crippen molar-refractivity contribution in [2.24, 2.45) is 5.10 Å². The molecular weight excluding hydrogens is 431 g/mol. The van der Waals surface area contributed by atoms with Gasteiger partial charge in [0, 0.05) is 10.6 Å². The zero-order valence-corrected chi connectivity index (χ0v) is 17.9. The summed E-state index contributed by atoms with van der Waals surface area (Å²) in [5.41, 5.74) is 5.67. The molecule has 3 aromatic rings. The molecule has 0 bridgehead atoms. The van der Waals surface area contributed by atoms with Crippen molar-refractivity contribution in [2.75, 3.05) is 7.11 Å². The lowest BCUT2D eigenvalue weighted by molar-refractivity contribution is 0.284. The molecular formula is C22H19Cl3N2O2. The van der Waals surface area contributed by atoms with Crippen LogP contribution in [0.3, 0.4) is 0 Å². The first-order valence-electron chi connectivity index (χ1n) is 8.81. The second-order valence-corrected chi connectivity index (χ2v) is 7.29. The van der Waals surface area contributed by atoms with Gasteiger partial charge in [0.1, 0.15) is 6.61 Å². The van der Waals surface area contributed by atoms with Gasteiger partial charge in [-0.3, -0.25) is 0 Å². The van der Waals surface area contributed by atoms with E-state index in [9.17, 15) is 0 Å². The molecule has 1 N–H and O–H groups in total. The Morgan fingerprint density at radius 3 is 2.45 bits per heavy atom. The molecule has 0 fully saturated rings. The summed E-state index contributed by atoms with van der Waals surface area (Å²) in [7, 11) is 1.58. The lowest BCUT2D eigenvalue weighted by atomic mass is 10.2. The molecule has 3 rings (SSSR count). The quantitative estimate of drug-likeness (QED) is 0.247. The third-order valence-electron chi connectivity index (χ3n) is 4.13. The molecule has 29 heavy (non-hydrogen) atoms. The first-order valence-corrected chi connectivity index (χ1v) is 9.95. The first-order chi connectivity index (χ1) is 14.1. The van der Waals surface area contributed by atoms with E-state index in [-0.39, 0.29) is 6.61 Å². The summed E-state index contributed by atoms with van der Waals surface area (Å²) in [4.78, 5) is 0. The number of hydrogen-bond donors (Lipinski definition) is 1. The van der Waals surface area contributed by atoms with E-state index in [4.69, 9.17) is 44.3 Å². The summed E-state index contributed by atoms with van der Waals surface area (Å²) in [6.07, 6.45) is 1.72. The molecule has 0 saturated carbocycles. The van der Waals surface area contributed by atoms with Crippen molar-refractivity contribution < 1.29 is 9.47 Å². The zero-order valence-electron chi connectivity index (χ0n) is 15.7. The topological polar surface area (TPSA) is 42.8 Å². The highest BCUT2D eigenvalue weighted by atomic mass is 35.5. The molecule has 0 amide bonds. The van der Waals surface area contributed by atoms with E-state index in [1.807, 2.05) is 48.5 Å². The van der Waals surface area contributed by atoms with Crippen LogP contribution in [-0.4, -0.2) is 13.3 Å². The van der Waals surface area contributed by atoms with Crippen molar-refractivity contribution in [3.05, 3.63) is 92.4 Å². The fourth-order valence-electron chi connectivity index (χ4n) is 2.59. The van der Waals surface area contributed by atoms with E-state index in [0.717, 1.165) is 11.1 Å². The second-order valence-electron chi connectivity index (χ2n) is 6.10. The van der Waals surface area contributed by atoms with E-state index in [2.05, 4.69) is 10.5 Å². The van der Waals surface area contributed by atoms with Gasteiger partial charge < -0.3 is 14.9 Å². The highest BCUT2D eigenvalue weighted by Crippen LogP contribution is 2.34. The number of rotatable bonds is 8. The van der Waals surface area contributed by atoms with Gasteiger partial charge in [-0.2, -0.15) is 5.10 Å². The maximum Gasteiger partial charge on any atom is 0.161 e. The number of methoxy groups -OCH3 is 1. The minimum Gasteiger partial charge on any atom is -0.493 e. The molecule has 0 heterocycles. The van der Waals surface area contributed by atoms with Gasteiger partial charge in [-0.15, -0.1) is 0 Å². The van der Waals surface area contributed by atoms with Crippen molar-refractivity contribution in [3.8, 4) is 11.5 Å². The van der Waals surface area contributed by atoms with Gasteiger partial charge in [-0.05, 0) is 41.5 Å². The number of halogens is 3. The smallest absolute Gasteiger partial charge is 0.161 e. The summed E-state index contributed by atoms with van der Waals surface area (Å²) in [6, 6.07) is 18.9. The number of ether oxygens (including phenoxy) is 2. The minimum atomic E-state index is 0.167. The maximum absolute atomic E-state index is 6.23. The Morgan fingerprint density at radius 1 is 0.931 bits per heavy atom. The van der Waals surface area contributed by atoms with Crippen LogP contribution >= 0.6 is 34.8 Å². The van der Waals surface area contributed by atoms with Crippen LogP contribution in [0, 0.1) is 0 Å². The summed E-state index contributed by atoms with van der Waals surface area (Å²) in [5.74, 6) is 1.14. The predicted octanol–water partition coefficient (Wildman–Crippen LogP) is 6.36. The lowest BCUT2D eigenvalue weighted by Crippen LogP contribution is -2.05. The largest absolute Gasteiger partial charge is 0.493 e. The third kappa shape index (κ3) is 5.80. The van der Waals surface area contributed by atoms with Crippen molar-refractivity contribution in [2.45, 2.75) is 13.2 Å². The van der Waals surface area contributed by atoms with Crippen LogP contribution in [0.5, 0.6) is 11.5 Å². The molecule has 0 aromatic heterocycles. The summed E-state index contributed by atoms with van der Waals surface area (Å²) >= 11 is 18.5. The maximum atomic E-state index is 6.23. The molecule has 7 heteroatoms. The van der Waals surface area contributed by atoms with Crippen LogP contribution in [-0.2, 0) is 13.2 Å². The molecule has 0 unspecified atom stereocenters. The van der Waals surface area contributed by atoms with Crippen molar-refractivity contribution in [3.63, 3.8) is 0 Å². The fraction of sp³-hybridized carbons (Fsp3) is 0.136.